The van der Waals surface area contributed by atoms with Gasteiger partial charge in [0.25, 0.3) is 0 Å². The van der Waals surface area contributed by atoms with Crippen molar-refractivity contribution < 1.29 is 4.42 Å². The molecule has 3 aromatic heterocycles. The molecule has 60 heavy (non-hydrogen) atoms. The minimum atomic E-state index is -0.0175. The summed E-state index contributed by atoms with van der Waals surface area (Å²) in [5.74, 6) is 0. The van der Waals surface area contributed by atoms with Gasteiger partial charge in [0, 0.05) is 54.7 Å². The summed E-state index contributed by atoms with van der Waals surface area (Å²) >= 11 is 0. The smallest absolute Gasteiger partial charge is 0.143 e. The first-order chi connectivity index (χ1) is 29.5. The van der Waals surface area contributed by atoms with Gasteiger partial charge in [0.05, 0.1) is 22.2 Å². The van der Waals surface area contributed by atoms with Crippen LogP contribution in [-0.2, 0) is 5.41 Å². The number of rotatable bonds is 5. The molecule has 282 valence electrons. The number of aromatic nitrogens is 1. The first-order valence-corrected chi connectivity index (χ1v) is 20.8. The molecule has 1 aliphatic carbocycles. The maximum atomic E-state index is 6.47. The van der Waals surface area contributed by atoms with E-state index in [1.807, 2.05) is 12.1 Å². The van der Waals surface area contributed by atoms with Crippen molar-refractivity contribution in [1.29, 1.82) is 0 Å². The Morgan fingerprint density at radius 2 is 1.03 bits per heavy atom. The first kappa shape index (κ1) is 33.4. The standard InChI is InChI=1S/C57H38N2O/c1-57(2)48-19-6-3-12-41(48)47-34-37(28-33-49(47)57)35-24-29-38(30-25-35)58(39-31-26-36(27-32-39)40-15-9-17-45-43-14-5-8-23-53(43)60-56(40)45)51-21-11-22-52-54(51)46-18-10-16-44-42-13-4-7-20-50(42)59(52)55(44)46/h3-34H,1-2H3. The van der Waals surface area contributed by atoms with E-state index in [2.05, 4.69) is 205 Å². The van der Waals surface area contributed by atoms with Crippen LogP contribution in [-0.4, -0.2) is 4.40 Å². The van der Waals surface area contributed by atoms with Gasteiger partial charge >= 0.3 is 0 Å². The molecule has 0 fully saturated rings. The Kier molecular flexibility index (Phi) is 6.78. The largest absolute Gasteiger partial charge is 0.455 e. The summed E-state index contributed by atoms with van der Waals surface area (Å²) in [5, 5.41) is 7.34. The van der Waals surface area contributed by atoms with E-state index >= 15 is 0 Å². The molecule has 3 heteroatoms. The summed E-state index contributed by atoms with van der Waals surface area (Å²) in [5.41, 5.74) is 18.9. The Hall–Kier alpha value is -7.62. The lowest BCUT2D eigenvalue weighted by atomic mass is 9.82. The summed E-state index contributed by atoms with van der Waals surface area (Å²) in [6.07, 6.45) is 0. The van der Waals surface area contributed by atoms with Crippen LogP contribution >= 0.6 is 0 Å². The number of fused-ring (bicyclic) bond motifs is 12. The number of furan rings is 1. The van der Waals surface area contributed by atoms with Crippen LogP contribution in [0.25, 0.3) is 93.4 Å². The van der Waals surface area contributed by atoms with E-state index in [1.54, 1.807) is 0 Å². The lowest BCUT2D eigenvalue weighted by Gasteiger charge is -2.27. The van der Waals surface area contributed by atoms with E-state index in [4.69, 9.17) is 4.42 Å². The predicted molar refractivity (Wildman–Crippen MR) is 251 cm³/mol. The van der Waals surface area contributed by atoms with E-state index < -0.39 is 0 Å². The molecule has 0 aliphatic heterocycles. The van der Waals surface area contributed by atoms with E-state index in [-0.39, 0.29) is 5.41 Å². The molecule has 0 saturated carbocycles. The molecule has 0 N–H and O–H groups in total. The Morgan fingerprint density at radius 3 is 1.88 bits per heavy atom. The molecule has 3 heterocycles. The maximum absolute atomic E-state index is 6.47. The fourth-order valence-corrected chi connectivity index (χ4v) is 10.5. The van der Waals surface area contributed by atoms with E-state index in [1.165, 1.54) is 71.5 Å². The van der Waals surface area contributed by atoms with E-state index in [0.717, 1.165) is 50.1 Å². The lowest BCUT2D eigenvalue weighted by molar-refractivity contribution is 0.660. The van der Waals surface area contributed by atoms with Crippen LogP contribution in [0.15, 0.2) is 199 Å². The van der Waals surface area contributed by atoms with Gasteiger partial charge in [-0.05, 0) is 93.5 Å². The van der Waals surface area contributed by atoms with E-state index in [0.29, 0.717) is 0 Å². The minimum Gasteiger partial charge on any atom is -0.455 e. The quantitative estimate of drug-likeness (QED) is 0.174. The second-order valence-electron chi connectivity index (χ2n) is 16.9. The fraction of sp³-hybridized carbons (Fsp3) is 0.0526. The van der Waals surface area contributed by atoms with Crippen molar-refractivity contribution in [2.45, 2.75) is 19.3 Å². The van der Waals surface area contributed by atoms with Crippen LogP contribution in [0, 0.1) is 0 Å². The highest BCUT2D eigenvalue weighted by atomic mass is 16.3. The van der Waals surface area contributed by atoms with Gasteiger partial charge in [0.1, 0.15) is 11.2 Å². The van der Waals surface area contributed by atoms with Crippen molar-refractivity contribution in [3.8, 4) is 33.4 Å². The molecular weight excluding hydrogens is 729 g/mol. The number of nitrogens with zero attached hydrogens (tertiary/aromatic N) is 2. The monoisotopic (exact) mass is 766 g/mol. The molecule has 0 atom stereocenters. The van der Waals surface area contributed by atoms with Crippen molar-refractivity contribution in [1.82, 2.24) is 4.40 Å². The van der Waals surface area contributed by atoms with Crippen molar-refractivity contribution in [2.75, 3.05) is 4.90 Å². The third-order valence-electron chi connectivity index (χ3n) is 13.3. The van der Waals surface area contributed by atoms with Crippen LogP contribution in [0.1, 0.15) is 25.0 Å². The Balaban J connectivity index is 0.983. The minimum absolute atomic E-state index is 0.0175. The molecule has 0 bridgehead atoms. The summed E-state index contributed by atoms with van der Waals surface area (Å²) in [7, 11) is 0. The van der Waals surface area contributed by atoms with E-state index in [9.17, 15) is 0 Å². The van der Waals surface area contributed by atoms with Gasteiger partial charge in [-0.3, -0.25) is 0 Å². The van der Waals surface area contributed by atoms with Gasteiger partial charge in [-0.15, -0.1) is 0 Å². The van der Waals surface area contributed by atoms with Crippen LogP contribution in [0.3, 0.4) is 0 Å². The lowest BCUT2D eigenvalue weighted by Crippen LogP contribution is -2.14. The maximum Gasteiger partial charge on any atom is 0.143 e. The summed E-state index contributed by atoms with van der Waals surface area (Å²) in [6, 6.07) is 71.1. The number of para-hydroxylation sites is 4. The predicted octanol–water partition coefficient (Wildman–Crippen LogP) is 15.8. The Labute approximate surface area is 347 Å². The number of anilines is 3. The van der Waals surface area contributed by atoms with Gasteiger partial charge in [-0.2, -0.15) is 0 Å². The third-order valence-corrected chi connectivity index (χ3v) is 13.3. The van der Waals surface area contributed by atoms with Gasteiger partial charge in [0.2, 0.25) is 0 Å². The van der Waals surface area contributed by atoms with Crippen molar-refractivity contribution in [3.63, 3.8) is 0 Å². The van der Waals surface area contributed by atoms with Crippen LogP contribution in [0.5, 0.6) is 0 Å². The molecule has 0 amide bonds. The molecule has 12 aromatic rings. The molecule has 13 rings (SSSR count). The van der Waals surface area contributed by atoms with Crippen LogP contribution in [0.4, 0.5) is 17.1 Å². The fourth-order valence-electron chi connectivity index (χ4n) is 10.5. The summed E-state index contributed by atoms with van der Waals surface area (Å²) in [6.45, 7) is 4.68. The molecule has 0 saturated heterocycles. The molecule has 1 aliphatic rings. The van der Waals surface area contributed by atoms with Crippen LogP contribution < -0.4 is 4.90 Å². The Bertz CT molecular complexity index is 3680. The SMILES string of the molecule is CC1(C)c2ccccc2-c2cc(-c3ccc(N(c4ccc(-c5cccc6c5oc5ccccc56)cc4)c4cccc5c4c4cccc6c7ccccc7n5c64)cc3)ccc21. The molecule has 3 nitrogen and oxygen atoms in total. The van der Waals surface area contributed by atoms with Crippen molar-refractivity contribution in [3.05, 3.63) is 205 Å². The van der Waals surface area contributed by atoms with Gasteiger partial charge in [-0.1, -0.05) is 153 Å². The van der Waals surface area contributed by atoms with Gasteiger partial charge in [0.15, 0.2) is 0 Å². The summed E-state index contributed by atoms with van der Waals surface area (Å²) < 4.78 is 8.94. The average Bonchev–Trinajstić information content (AvgIpc) is 4.02. The molecule has 0 unspecified atom stereocenters. The topological polar surface area (TPSA) is 20.8 Å². The first-order valence-electron chi connectivity index (χ1n) is 20.8. The highest BCUT2D eigenvalue weighted by Gasteiger charge is 2.35. The zero-order valence-electron chi connectivity index (χ0n) is 33.3. The molecular formula is C57H38N2O. The molecule has 0 radical (unpaired) electrons. The average molecular weight is 767 g/mol. The highest BCUT2D eigenvalue weighted by molar-refractivity contribution is 6.26. The second kappa shape index (κ2) is 12.2. The molecule has 9 aromatic carbocycles. The highest BCUT2D eigenvalue weighted by Crippen LogP contribution is 2.50. The number of hydrogen-bond donors (Lipinski definition) is 0. The van der Waals surface area contributed by atoms with Gasteiger partial charge < -0.3 is 13.7 Å². The molecule has 0 spiro atoms. The number of benzene rings is 9. The third kappa shape index (κ3) is 4.55. The van der Waals surface area contributed by atoms with Crippen molar-refractivity contribution >= 4 is 77.1 Å². The van der Waals surface area contributed by atoms with Gasteiger partial charge in [-0.25, -0.2) is 0 Å². The summed E-state index contributed by atoms with van der Waals surface area (Å²) in [4.78, 5) is 2.43. The zero-order chi connectivity index (χ0) is 39.7. The Morgan fingerprint density at radius 1 is 0.433 bits per heavy atom. The normalized spacial score (nSPS) is 13.3. The van der Waals surface area contributed by atoms with Crippen LogP contribution in [0.2, 0.25) is 0 Å². The zero-order valence-corrected chi connectivity index (χ0v) is 33.3. The number of hydrogen-bond acceptors (Lipinski definition) is 2. The second-order valence-corrected chi connectivity index (χ2v) is 16.9. The van der Waals surface area contributed by atoms with Crippen molar-refractivity contribution in [2.24, 2.45) is 0 Å².